The molecule has 0 saturated carbocycles. The predicted octanol–water partition coefficient (Wildman–Crippen LogP) is 3.14. The third-order valence-corrected chi connectivity index (χ3v) is 7.64. The molecule has 0 N–H and O–H groups in total. The van der Waals surface area contributed by atoms with E-state index in [1.54, 1.807) is 0 Å². The summed E-state index contributed by atoms with van der Waals surface area (Å²) in [6, 6.07) is 8.45. The van der Waals surface area contributed by atoms with Gasteiger partial charge in [0.25, 0.3) is 0 Å². The second-order valence-electron chi connectivity index (χ2n) is 8.16. The van der Waals surface area contributed by atoms with Crippen molar-refractivity contribution in [1.82, 2.24) is 9.21 Å². The van der Waals surface area contributed by atoms with Crippen molar-refractivity contribution in [1.29, 1.82) is 0 Å². The van der Waals surface area contributed by atoms with E-state index in [0.717, 1.165) is 24.9 Å². The van der Waals surface area contributed by atoms with Crippen LogP contribution in [0.5, 0.6) is 0 Å². The number of hydrogen-bond acceptors (Lipinski definition) is 3. The monoisotopic (exact) mass is 390 g/mol. The molecule has 2 aliphatic heterocycles. The van der Waals surface area contributed by atoms with Crippen LogP contribution in [0.2, 0.25) is 0 Å². The van der Waals surface area contributed by atoms with Crippen LogP contribution in [0.25, 0.3) is 0 Å². The van der Waals surface area contributed by atoms with E-state index in [1.807, 2.05) is 4.90 Å². The van der Waals surface area contributed by atoms with Crippen LogP contribution in [0.3, 0.4) is 0 Å². The fourth-order valence-corrected chi connectivity index (χ4v) is 5.56. The fourth-order valence-electron chi connectivity index (χ4n) is 4.24. The highest BCUT2D eigenvalue weighted by Gasteiger charge is 2.50. The number of sulfonamides is 1. The van der Waals surface area contributed by atoms with Gasteiger partial charge < -0.3 is 4.90 Å². The number of rotatable bonds is 6. The van der Waals surface area contributed by atoms with E-state index in [2.05, 4.69) is 44.7 Å². The van der Waals surface area contributed by atoms with Gasteiger partial charge in [-0.2, -0.15) is 0 Å². The van der Waals surface area contributed by atoms with Crippen molar-refractivity contribution >= 4 is 15.9 Å². The number of amides is 1. The normalized spacial score (nSPS) is 24.1. The van der Waals surface area contributed by atoms with Gasteiger partial charge in [0.1, 0.15) is 0 Å². The Labute approximate surface area is 163 Å². The van der Waals surface area contributed by atoms with Crippen molar-refractivity contribution in [2.75, 3.05) is 25.4 Å². The van der Waals surface area contributed by atoms with Crippen molar-refractivity contribution in [2.24, 2.45) is 5.41 Å². The van der Waals surface area contributed by atoms with Crippen LogP contribution < -0.4 is 0 Å². The van der Waals surface area contributed by atoms with Gasteiger partial charge in [-0.15, -0.1) is 6.58 Å². The number of hydrogen-bond donors (Lipinski definition) is 0. The second kappa shape index (κ2) is 7.76. The zero-order valence-electron chi connectivity index (χ0n) is 16.4. The third kappa shape index (κ3) is 4.11. The Morgan fingerprint density at radius 3 is 2.52 bits per heavy atom. The molecule has 5 nitrogen and oxygen atoms in total. The third-order valence-electron chi connectivity index (χ3n) is 5.88. The highest BCUT2D eigenvalue weighted by Crippen LogP contribution is 2.41. The summed E-state index contributed by atoms with van der Waals surface area (Å²) in [6.45, 7) is 9.94. The lowest BCUT2D eigenvalue weighted by atomic mass is 9.78. The molecule has 0 aromatic heterocycles. The lowest BCUT2D eigenvalue weighted by molar-refractivity contribution is -0.146. The van der Waals surface area contributed by atoms with Crippen LogP contribution in [0, 0.1) is 5.41 Å². The first-order valence-corrected chi connectivity index (χ1v) is 11.4. The molecule has 1 unspecified atom stereocenters. The lowest BCUT2D eigenvalue weighted by Gasteiger charge is -2.39. The summed E-state index contributed by atoms with van der Waals surface area (Å²) < 4.78 is 26.2. The first kappa shape index (κ1) is 20.1. The van der Waals surface area contributed by atoms with E-state index in [4.69, 9.17) is 0 Å². The summed E-state index contributed by atoms with van der Waals surface area (Å²) in [5, 5.41) is 0. The van der Waals surface area contributed by atoms with Crippen LogP contribution >= 0.6 is 0 Å². The molecule has 2 heterocycles. The molecule has 2 fully saturated rings. The molecule has 1 aromatic rings. The van der Waals surface area contributed by atoms with Crippen molar-refractivity contribution < 1.29 is 13.2 Å². The van der Waals surface area contributed by atoms with E-state index in [-0.39, 0.29) is 11.7 Å². The summed E-state index contributed by atoms with van der Waals surface area (Å²) in [5.74, 6) is 0.530. The highest BCUT2D eigenvalue weighted by molar-refractivity contribution is 7.89. The Morgan fingerprint density at radius 2 is 1.89 bits per heavy atom. The van der Waals surface area contributed by atoms with Gasteiger partial charge in [0, 0.05) is 26.2 Å². The minimum Gasteiger partial charge on any atom is -0.338 e. The van der Waals surface area contributed by atoms with Crippen LogP contribution in [-0.4, -0.2) is 48.9 Å². The number of likely N-dealkylation sites (tertiary alicyclic amines) is 1. The van der Waals surface area contributed by atoms with E-state index in [0.29, 0.717) is 32.0 Å². The first-order valence-electron chi connectivity index (χ1n) is 9.74. The molecule has 1 amide bonds. The Balaban J connectivity index is 1.71. The molecular formula is C21H30N2O3S. The number of nitrogens with zero attached hydrogens (tertiary/aromatic N) is 2. The molecule has 148 valence electrons. The number of carbonyl (C=O) groups is 1. The number of carbonyl (C=O) groups excluding carboxylic acids is 1. The smallest absolute Gasteiger partial charge is 0.230 e. The van der Waals surface area contributed by atoms with E-state index in [9.17, 15) is 13.2 Å². The molecule has 2 aliphatic rings. The van der Waals surface area contributed by atoms with Crippen LogP contribution in [0.1, 0.15) is 50.2 Å². The van der Waals surface area contributed by atoms with Crippen molar-refractivity contribution in [2.45, 2.75) is 45.6 Å². The van der Waals surface area contributed by atoms with E-state index in [1.165, 1.54) is 15.9 Å². The van der Waals surface area contributed by atoms with Crippen LogP contribution in [-0.2, 0) is 21.4 Å². The van der Waals surface area contributed by atoms with Gasteiger partial charge in [0.15, 0.2) is 0 Å². The molecule has 2 saturated heterocycles. The number of benzene rings is 1. The van der Waals surface area contributed by atoms with Crippen LogP contribution in [0.15, 0.2) is 36.9 Å². The Bertz CT molecular complexity index is 801. The lowest BCUT2D eigenvalue weighted by Crippen LogP contribution is -2.50. The Kier molecular flexibility index (Phi) is 5.77. The van der Waals surface area contributed by atoms with Gasteiger partial charge in [-0.3, -0.25) is 4.79 Å². The van der Waals surface area contributed by atoms with Gasteiger partial charge in [0.05, 0.1) is 11.2 Å². The van der Waals surface area contributed by atoms with Gasteiger partial charge in [-0.1, -0.05) is 44.2 Å². The summed E-state index contributed by atoms with van der Waals surface area (Å²) in [5.41, 5.74) is 1.86. The van der Waals surface area contributed by atoms with Gasteiger partial charge in [-0.25, -0.2) is 12.7 Å². The molecule has 6 heteroatoms. The van der Waals surface area contributed by atoms with E-state index < -0.39 is 15.4 Å². The molecule has 0 bridgehead atoms. The predicted molar refractivity (Wildman–Crippen MR) is 108 cm³/mol. The largest absolute Gasteiger partial charge is 0.338 e. The first-order chi connectivity index (χ1) is 12.8. The maximum Gasteiger partial charge on any atom is 0.230 e. The summed E-state index contributed by atoms with van der Waals surface area (Å²) in [6.07, 6.45) is 3.72. The number of piperidine rings is 1. The maximum absolute atomic E-state index is 13.2. The van der Waals surface area contributed by atoms with Gasteiger partial charge in [0.2, 0.25) is 15.9 Å². The summed E-state index contributed by atoms with van der Waals surface area (Å²) in [7, 11) is -3.35. The standard InChI is InChI=1S/C21H30N2O3S/c1-4-14-27(25,26)23-13-11-21(16-23)10-5-12-22(20(21)24)15-18-6-8-19(9-7-18)17(2)3/h4,6-9,17H,1,5,10-16H2,2-3H3. The molecule has 1 spiro atoms. The minimum atomic E-state index is -3.35. The zero-order valence-corrected chi connectivity index (χ0v) is 17.2. The van der Waals surface area contributed by atoms with Crippen molar-refractivity contribution in [3.05, 3.63) is 48.0 Å². The summed E-state index contributed by atoms with van der Waals surface area (Å²) in [4.78, 5) is 15.2. The van der Waals surface area contributed by atoms with Crippen LogP contribution in [0.4, 0.5) is 0 Å². The van der Waals surface area contributed by atoms with Gasteiger partial charge in [-0.05, 0) is 36.3 Å². The molecule has 27 heavy (non-hydrogen) atoms. The van der Waals surface area contributed by atoms with Crippen molar-refractivity contribution in [3.63, 3.8) is 0 Å². The Morgan fingerprint density at radius 1 is 1.19 bits per heavy atom. The Hall–Kier alpha value is -1.66. The topological polar surface area (TPSA) is 57.7 Å². The van der Waals surface area contributed by atoms with Crippen molar-refractivity contribution in [3.8, 4) is 0 Å². The van der Waals surface area contributed by atoms with Gasteiger partial charge >= 0.3 is 0 Å². The highest BCUT2D eigenvalue weighted by atomic mass is 32.2. The molecule has 3 rings (SSSR count). The molecule has 1 atom stereocenters. The second-order valence-corrected chi connectivity index (χ2v) is 10.2. The quantitative estimate of drug-likeness (QED) is 0.701. The molecule has 0 aliphatic carbocycles. The average Bonchev–Trinajstić information content (AvgIpc) is 3.06. The van der Waals surface area contributed by atoms with E-state index >= 15 is 0 Å². The molecule has 0 radical (unpaired) electrons. The maximum atomic E-state index is 13.2. The summed E-state index contributed by atoms with van der Waals surface area (Å²) >= 11 is 0. The molecule has 1 aromatic carbocycles. The molecular weight excluding hydrogens is 360 g/mol. The average molecular weight is 391 g/mol. The minimum absolute atomic E-state index is 0.0663. The fraction of sp³-hybridized carbons (Fsp3) is 0.571. The SMILES string of the molecule is C=CCS(=O)(=O)N1CCC2(CCCN(Cc3ccc(C(C)C)cc3)C2=O)C1. The zero-order chi connectivity index (χ0) is 19.7.